The molecule has 0 spiro atoms. The van der Waals surface area contributed by atoms with Gasteiger partial charge in [-0.3, -0.25) is 0 Å². The second-order valence-corrected chi connectivity index (χ2v) is 5.27. The lowest BCUT2D eigenvalue weighted by Gasteiger charge is -2.35. The van der Waals surface area contributed by atoms with Crippen molar-refractivity contribution in [3.05, 3.63) is 0 Å². The van der Waals surface area contributed by atoms with Gasteiger partial charge in [0.25, 0.3) is 0 Å². The largest absolute Gasteiger partial charge is 0.330 e. The van der Waals surface area contributed by atoms with Crippen LogP contribution in [-0.2, 0) is 0 Å². The van der Waals surface area contributed by atoms with Crippen molar-refractivity contribution in [3.63, 3.8) is 0 Å². The highest BCUT2D eigenvalue weighted by Crippen LogP contribution is 2.37. The second-order valence-electron chi connectivity index (χ2n) is 5.27. The predicted octanol–water partition coefficient (Wildman–Crippen LogP) is 3.43. The summed E-state index contributed by atoms with van der Waals surface area (Å²) >= 11 is 0. The van der Waals surface area contributed by atoms with Crippen molar-refractivity contribution < 1.29 is 0 Å². The molecule has 1 saturated carbocycles. The van der Waals surface area contributed by atoms with E-state index in [9.17, 15) is 0 Å². The topological polar surface area (TPSA) is 26.0 Å². The van der Waals surface area contributed by atoms with Crippen LogP contribution in [0.3, 0.4) is 0 Å². The van der Waals surface area contributed by atoms with Crippen LogP contribution in [0.5, 0.6) is 0 Å². The Hall–Kier alpha value is -0.0400. The molecule has 1 aliphatic carbocycles. The molecule has 0 saturated heterocycles. The summed E-state index contributed by atoms with van der Waals surface area (Å²) in [7, 11) is 0. The van der Waals surface area contributed by atoms with Gasteiger partial charge in [0, 0.05) is 0 Å². The average molecular weight is 197 g/mol. The Bertz CT molecular complexity index is 153. The van der Waals surface area contributed by atoms with Gasteiger partial charge >= 0.3 is 0 Å². The van der Waals surface area contributed by atoms with Crippen LogP contribution in [-0.4, -0.2) is 6.54 Å². The fourth-order valence-corrected chi connectivity index (χ4v) is 2.86. The summed E-state index contributed by atoms with van der Waals surface area (Å²) in [6.07, 6.45) is 7.20. The maximum atomic E-state index is 5.75. The molecule has 0 bridgehead atoms. The third kappa shape index (κ3) is 2.98. The molecule has 1 aliphatic rings. The highest BCUT2D eigenvalue weighted by atomic mass is 14.6. The lowest BCUT2D eigenvalue weighted by molar-refractivity contribution is 0.164. The zero-order valence-corrected chi connectivity index (χ0v) is 10.1. The molecule has 4 unspecified atom stereocenters. The van der Waals surface area contributed by atoms with E-state index in [1.54, 1.807) is 0 Å². The van der Waals surface area contributed by atoms with E-state index in [0.29, 0.717) is 5.92 Å². The first kappa shape index (κ1) is 12.0. The molecular formula is C13H27N. The normalized spacial score (nSPS) is 32.6. The van der Waals surface area contributed by atoms with E-state index >= 15 is 0 Å². The second kappa shape index (κ2) is 5.75. The maximum absolute atomic E-state index is 5.75. The summed E-state index contributed by atoms with van der Waals surface area (Å²) in [5.74, 6) is 3.48. The van der Waals surface area contributed by atoms with Gasteiger partial charge in [-0.1, -0.05) is 46.5 Å². The molecule has 1 nitrogen and oxygen atoms in total. The molecule has 1 rings (SSSR count). The summed E-state index contributed by atoms with van der Waals surface area (Å²) in [5, 5.41) is 0. The molecule has 1 heteroatoms. The fraction of sp³-hybridized carbons (Fsp3) is 1.00. The number of rotatable bonds is 4. The summed E-state index contributed by atoms with van der Waals surface area (Å²) in [4.78, 5) is 0. The van der Waals surface area contributed by atoms with E-state index in [0.717, 1.165) is 24.3 Å². The van der Waals surface area contributed by atoms with Crippen molar-refractivity contribution in [2.24, 2.45) is 29.4 Å². The molecule has 1 fully saturated rings. The standard InChI is InChI=1S/C13H27N/c1-4-12-6-5-7-13(8-12)11(3)10(2)9-14/h10-13H,4-9,14H2,1-3H3. The third-order valence-corrected chi connectivity index (χ3v) is 4.41. The van der Waals surface area contributed by atoms with E-state index in [4.69, 9.17) is 5.73 Å². The first-order valence-electron chi connectivity index (χ1n) is 6.39. The molecular weight excluding hydrogens is 170 g/mol. The van der Waals surface area contributed by atoms with Crippen LogP contribution in [0.15, 0.2) is 0 Å². The first-order chi connectivity index (χ1) is 6.69. The van der Waals surface area contributed by atoms with Crippen molar-refractivity contribution in [2.75, 3.05) is 6.54 Å². The predicted molar refractivity (Wildman–Crippen MR) is 63.1 cm³/mol. The van der Waals surface area contributed by atoms with Gasteiger partial charge in [-0.05, 0) is 36.6 Å². The summed E-state index contributed by atoms with van der Waals surface area (Å²) in [6, 6.07) is 0. The quantitative estimate of drug-likeness (QED) is 0.734. The van der Waals surface area contributed by atoms with E-state index in [-0.39, 0.29) is 0 Å². The minimum Gasteiger partial charge on any atom is -0.330 e. The van der Waals surface area contributed by atoms with Crippen LogP contribution in [0.1, 0.15) is 52.9 Å². The number of hydrogen-bond acceptors (Lipinski definition) is 1. The number of hydrogen-bond donors (Lipinski definition) is 1. The molecule has 0 amide bonds. The van der Waals surface area contributed by atoms with Crippen LogP contribution in [0.2, 0.25) is 0 Å². The third-order valence-electron chi connectivity index (χ3n) is 4.41. The van der Waals surface area contributed by atoms with Gasteiger partial charge < -0.3 is 5.73 Å². The summed E-state index contributed by atoms with van der Waals surface area (Å²) < 4.78 is 0. The summed E-state index contributed by atoms with van der Waals surface area (Å²) in [5.41, 5.74) is 5.75. The maximum Gasteiger partial charge on any atom is -0.00489 e. The van der Waals surface area contributed by atoms with Gasteiger partial charge in [-0.2, -0.15) is 0 Å². The van der Waals surface area contributed by atoms with Crippen molar-refractivity contribution in [1.82, 2.24) is 0 Å². The Morgan fingerprint density at radius 1 is 1.29 bits per heavy atom. The van der Waals surface area contributed by atoms with Gasteiger partial charge in [-0.25, -0.2) is 0 Å². The SMILES string of the molecule is CCC1CCCC(C(C)C(C)CN)C1. The molecule has 4 atom stereocenters. The van der Waals surface area contributed by atoms with E-state index in [2.05, 4.69) is 20.8 Å². The molecule has 0 heterocycles. The zero-order chi connectivity index (χ0) is 10.6. The Morgan fingerprint density at radius 3 is 2.57 bits per heavy atom. The summed E-state index contributed by atoms with van der Waals surface area (Å²) in [6.45, 7) is 7.90. The van der Waals surface area contributed by atoms with E-state index in [1.165, 1.54) is 32.1 Å². The molecule has 0 aromatic heterocycles. The first-order valence-corrected chi connectivity index (χ1v) is 6.39. The molecule has 84 valence electrons. The van der Waals surface area contributed by atoms with Crippen molar-refractivity contribution in [2.45, 2.75) is 52.9 Å². The smallest absolute Gasteiger partial charge is 0.00489 e. The van der Waals surface area contributed by atoms with E-state index < -0.39 is 0 Å². The lowest BCUT2D eigenvalue weighted by Crippen LogP contribution is -2.28. The molecule has 0 aromatic carbocycles. The van der Waals surface area contributed by atoms with E-state index in [1.807, 2.05) is 0 Å². The minimum absolute atomic E-state index is 0.704. The lowest BCUT2D eigenvalue weighted by atomic mass is 9.71. The van der Waals surface area contributed by atoms with Crippen molar-refractivity contribution in [1.29, 1.82) is 0 Å². The van der Waals surface area contributed by atoms with Crippen molar-refractivity contribution >= 4 is 0 Å². The highest BCUT2D eigenvalue weighted by Gasteiger charge is 2.27. The number of nitrogens with two attached hydrogens (primary N) is 1. The van der Waals surface area contributed by atoms with Gasteiger partial charge in [-0.15, -0.1) is 0 Å². The zero-order valence-electron chi connectivity index (χ0n) is 10.1. The molecule has 0 radical (unpaired) electrons. The fourth-order valence-electron chi connectivity index (χ4n) is 2.86. The van der Waals surface area contributed by atoms with Gasteiger partial charge in [0.05, 0.1) is 0 Å². The Kier molecular flexibility index (Phi) is 4.94. The van der Waals surface area contributed by atoms with Gasteiger partial charge in [0.1, 0.15) is 0 Å². The Balaban J connectivity index is 2.42. The van der Waals surface area contributed by atoms with Crippen LogP contribution in [0.4, 0.5) is 0 Å². The average Bonchev–Trinajstić information content (AvgIpc) is 2.27. The van der Waals surface area contributed by atoms with Crippen LogP contribution in [0, 0.1) is 23.7 Å². The Morgan fingerprint density at radius 2 is 2.00 bits per heavy atom. The Labute approximate surface area is 89.5 Å². The van der Waals surface area contributed by atoms with Gasteiger partial charge in [0.15, 0.2) is 0 Å². The highest BCUT2D eigenvalue weighted by molar-refractivity contribution is 4.78. The van der Waals surface area contributed by atoms with Crippen LogP contribution >= 0.6 is 0 Å². The monoisotopic (exact) mass is 197 g/mol. The van der Waals surface area contributed by atoms with Crippen LogP contribution < -0.4 is 5.73 Å². The van der Waals surface area contributed by atoms with Gasteiger partial charge in [0.2, 0.25) is 0 Å². The molecule has 2 N–H and O–H groups in total. The molecule has 0 aromatic rings. The van der Waals surface area contributed by atoms with Crippen LogP contribution in [0.25, 0.3) is 0 Å². The molecule has 0 aliphatic heterocycles. The molecule has 14 heavy (non-hydrogen) atoms. The minimum atomic E-state index is 0.704. The van der Waals surface area contributed by atoms with Crippen molar-refractivity contribution in [3.8, 4) is 0 Å².